The Morgan fingerprint density at radius 2 is 1.12 bits per heavy atom. The van der Waals surface area contributed by atoms with Gasteiger partial charge in [-0.2, -0.15) is 10.2 Å². The molecule has 64 heavy (non-hydrogen) atoms. The number of anilines is 2. The molecule has 0 aliphatic heterocycles. The third-order valence-corrected chi connectivity index (χ3v) is 9.21. The average molecular weight is 887 g/mol. The molecule has 4 heterocycles. The Bertz CT molecular complexity index is 2590. The fourth-order valence-corrected chi connectivity index (χ4v) is 6.57. The number of hydrogen-bond acceptors (Lipinski definition) is 13. The van der Waals surface area contributed by atoms with Crippen molar-refractivity contribution in [3.63, 3.8) is 0 Å². The molecule has 0 saturated carbocycles. The van der Waals surface area contributed by atoms with Crippen LogP contribution in [0.5, 0.6) is 11.5 Å². The molecule has 0 fully saturated rings. The fraction of sp³-hybridized carbons (Fsp3) is 0.372. The van der Waals surface area contributed by atoms with Gasteiger partial charge < -0.3 is 44.7 Å². The van der Waals surface area contributed by atoms with E-state index in [-0.39, 0.29) is 42.7 Å². The van der Waals surface area contributed by atoms with Crippen molar-refractivity contribution < 1.29 is 43.3 Å². The average Bonchev–Trinajstić information content (AvgIpc) is 4.07. The minimum absolute atomic E-state index is 0.161. The Hall–Kier alpha value is -7.39. The highest BCUT2D eigenvalue weighted by atomic mass is 16.5. The van der Waals surface area contributed by atoms with E-state index < -0.39 is 23.6 Å². The number of methoxy groups -OCH3 is 2. The summed E-state index contributed by atoms with van der Waals surface area (Å²) in [5.74, 6) is -1.20. The second kappa shape index (κ2) is 24.3. The summed E-state index contributed by atoms with van der Waals surface area (Å²) in [7, 11) is 4.05. The van der Waals surface area contributed by atoms with Crippen LogP contribution in [0, 0.1) is 13.8 Å². The molecule has 6 rings (SSSR count). The minimum Gasteiger partial charge on any atom is -0.494 e. The number of ether oxygens (including phenoxy) is 3. The van der Waals surface area contributed by atoms with E-state index in [4.69, 9.17) is 40.6 Å². The number of aromatic nitrogens is 8. The zero-order chi connectivity index (χ0) is 47.7. The molecule has 344 valence electrons. The standard InChI is InChI=1S/C39H46N12O7.C2H6.CH4O.CH2O/c1-7-50-28(16-22(3)46-50)36(54)44-38-42-26-18-24(34(40)52)20-30(57-6)32(26)48(38)12-9-10-13-49-33-27(19-25(35(41)53)21-31(33)58-15-11-14-56-5)43-39(49)45-37(55)29-17-23(4)47-51(29)8-2;3*1-2/h9-10,16-21H,7-8,11-15H2,1-6H3,(H2,40,52)(H2,41,53)(H,42,44,54)(H,43,45,55);1-2H3;2H,1H3;1H2/b10-9+;;;. The summed E-state index contributed by atoms with van der Waals surface area (Å²) in [5.41, 5.74) is 15.5. The Labute approximate surface area is 370 Å². The molecular formula is C43H58N12O9. The van der Waals surface area contributed by atoms with Gasteiger partial charge in [0.15, 0.2) is 0 Å². The summed E-state index contributed by atoms with van der Waals surface area (Å²) >= 11 is 0. The molecular weight excluding hydrogens is 829 g/mol. The lowest BCUT2D eigenvalue weighted by molar-refractivity contribution is -0.0980. The highest BCUT2D eigenvalue weighted by Gasteiger charge is 2.23. The first-order valence-corrected chi connectivity index (χ1v) is 20.3. The van der Waals surface area contributed by atoms with Crippen LogP contribution in [0.4, 0.5) is 11.9 Å². The predicted octanol–water partition coefficient (Wildman–Crippen LogP) is 4.27. The molecule has 0 unspecified atom stereocenters. The van der Waals surface area contributed by atoms with Gasteiger partial charge in [0.25, 0.3) is 11.8 Å². The fourth-order valence-electron chi connectivity index (χ4n) is 6.57. The second-order valence-corrected chi connectivity index (χ2v) is 13.3. The van der Waals surface area contributed by atoms with Crippen LogP contribution < -0.4 is 31.6 Å². The monoisotopic (exact) mass is 886 g/mol. The molecule has 2 aromatic carbocycles. The lowest BCUT2D eigenvalue weighted by Crippen LogP contribution is -2.20. The number of carbonyl (C=O) groups is 5. The van der Waals surface area contributed by atoms with Crippen LogP contribution in [0.3, 0.4) is 0 Å². The highest BCUT2D eigenvalue weighted by molar-refractivity contribution is 6.05. The predicted molar refractivity (Wildman–Crippen MR) is 242 cm³/mol. The molecule has 21 heteroatoms. The van der Waals surface area contributed by atoms with Gasteiger partial charge in [-0.05, 0) is 64.1 Å². The highest BCUT2D eigenvalue weighted by Crippen LogP contribution is 2.33. The number of aliphatic hydroxyl groups is 1. The van der Waals surface area contributed by atoms with Crippen molar-refractivity contribution in [2.45, 2.75) is 74.1 Å². The van der Waals surface area contributed by atoms with Crippen LogP contribution in [-0.2, 0) is 35.7 Å². The number of rotatable bonds is 18. The van der Waals surface area contributed by atoms with E-state index in [1.165, 1.54) is 19.2 Å². The topological polar surface area (TPSA) is 281 Å². The molecule has 21 nitrogen and oxygen atoms in total. The quantitative estimate of drug-likeness (QED) is 0.0597. The van der Waals surface area contributed by atoms with Crippen LogP contribution >= 0.6 is 0 Å². The van der Waals surface area contributed by atoms with E-state index in [2.05, 4.69) is 25.8 Å². The lowest BCUT2D eigenvalue weighted by atomic mass is 10.1. The number of aliphatic hydroxyl groups excluding tert-OH is 1. The van der Waals surface area contributed by atoms with E-state index in [1.54, 1.807) is 63.7 Å². The number of primary amides is 2. The SMILES string of the molecule is C=O.CC.CCn1nc(C)cc1C(=O)Nc1nc2cc(C(N)=O)cc(OC)c2n1C/C=C/Cn1c(NC(=O)c2cc(C)nn2CC)nc2cc(C(N)=O)cc(OCCCOC)c21.CO. The number of nitrogens with zero attached hydrogens (tertiary/aromatic N) is 8. The molecule has 0 radical (unpaired) electrons. The number of aryl methyl sites for hydroxylation is 4. The summed E-state index contributed by atoms with van der Waals surface area (Å²) in [5, 5.41) is 21.6. The number of carbonyl (C=O) groups excluding carboxylic acids is 5. The van der Waals surface area contributed by atoms with Crippen LogP contribution in [0.15, 0.2) is 48.6 Å². The van der Waals surface area contributed by atoms with Crippen LogP contribution in [0.2, 0.25) is 0 Å². The van der Waals surface area contributed by atoms with Gasteiger partial charge in [-0.3, -0.25) is 39.2 Å². The van der Waals surface area contributed by atoms with Gasteiger partial charge in [0, 0.05) is 64.6 Å². The Morgan fingerprint density at radius 3 is 1.52 bits per heavy atom. The first kappa shape index (κ1) is 51.0. The van der Waals surface area contributed by atoms with Crippen molar-refractivity contribution in [3.05, 3.63) is 82.5 Å². The maximum atomic E-state index is 13.7. The van der Waals surface area contributed by atoms with Crippen LogP contribution in [0.1, 0.15) is 87.2 Å². The number of benzene rings is 2. The molecule has 0 atom stereocenters. The molecule has 4 amide bonds. The number of fused-ring (bicyclic) bond motifs is 2. The summed E-state index contributed by atoms with van der Waals surface area (Å²) in [4.78, 5) is 69.3. The van der Waals surface area contributed by atoms with Crippen molar-refractivity contribution in [2.75, 3.05) is 45.2 Å². The van der Waals surface area contributed by atoms with E-state index >= 15 is 0 Å². The van der Waals surface area contributed by atoms with Crippen molar-refractivity contribution in [2.24, 2.45) is 11.5 Å². The molecule has 4 aromatic heterocycles. The van der Waals surface area contributed by atoms with Gasteiger partial charge in [-0.1, -0.05) is 26.0 Å². The first-order valence-electron chi connectivity index (χ1n) is 20.3. The summed E-state index contributed by atoms with van der Waals surface area (Å²) in [6.45, 7) is 15.4. The summed E-state index contributed by atoms with van der Waals surface area (Å²) < 4.78 is 23.7. The van der Waals surface area contributed by atoms with Gasteiger partial charge in [0.2, 0.25) is 23.7 Å². The number of hydrogen-bond donors (Lipinski definition) is 5. The molecule has 0 spiro atoms. The minimum atomic E-state index is -0.672. The Morgan fingerprint density at radius 1 is 0.703 bits per heavy atom. The zero-order valence-electron chi connectivity index (χ0n) is 37.7. The molecule has 0 aliphatic carbocycles. The number of allylic oxidation sites excluding steroid dienone is 2. The number of amides is 4. The molecule has 0 aliphatic rings. The Kier molecular flexibility index (Phi) is 19.4. The van der Waals surface area contributed by atoms with Gasteiger partial charge in [0.1, 0.15) is 40.7 Å². The van der Waals surface area contributed by atoms with E-state index in [0.717, 1.165) is 7.11 Å². The van der Waals surface area contributed by atoms with E-state index in [9.17, 15) is 19.2 Å². The molecule has 0 bridgehead atoms. The zero-order valence-corrected chi connectivity index (χ0v) is 37.7. The van der Waals surface area contributed by atoms with Crippen molar-refractivity contribution in [3.8, 4) is 11.5 Å². The maximum absolute atomic E-state index is 13.7. The second-order valence-electron chi connectivity index (χ2n) is 13.3. The van der Waals surface area contributed by atoms with E-state index in [1.807, 2.05) is 46.6 Å². The van der Waals surface area contributed by atoms with E-state index in [0.29, 0.717) is 82.5 Å². The number of nitrogens with two attached hydrogens (primary N) is 2. The van der Waals surface area contributed by atoms with Crippen LogP contribution in [-0.4, -0.2) is 109 Å². The summed E-state index contributed by atoms with van der Waals surface area (Å²) in [6.07, 6.45) is 4.24. The third kappa shape index (κ3) is 11.7. The van der Waals surface area contributed by atoms with Crippen molar-refractivity contribution >= 4 is 64.4 Å². The molecule has 7 N–H and O–H groups in total. The Balaban J connectivity index is 0.00000174. The smallest absolute Gasteiger partial charge is 0.276 e. The van der Waals surface area contributed by atoms with Crippen LogP contribution in [0.25, 0.3) is 22.1 Å². The van der Waals surface area contributed by atoms with Crippen molar-refractivity contribution in [1.82, 2.24) is 38.7 Å². The maximum Gasteiger partial charge on any atom is 0.276 e. The van der Waals surface area contributed by atoms with Gasteiger partial charge in [-0.15, -0.1) is 0 Å². The normalized spacial score (nSPS) is 10.7. The van der Waals surface area contributed by atoms with Gasteiger partial charge >= 0.3 is 0 Å². The third-order valence-electron chi connectivity index (χ3n) is 9.21. The molecule has 0 saturated heterocycles. The molecule has 6 aromatic rings. The summed E-state index contributed by atoms with van der Waals surface area (Å²) in [6, 6.07) is 9.50. The van der Waals surface area contributed by atoms with Gasteiger partial charge in [0.05, 0.1) is 36.1 Å². The van der Waals surface area contributed by atoms with Crippen molar-refractivity contribution in [1.29, 1.82) is 0 Å². The number of imidazole rings is 2. The lowest BCUT2D eigenvalue weighted by Gasteiger charge is -2.13. The first-order chi connectivity index (χ1) is 30.9. The van der Waals surface area contributed by atoms with Gasteiger partial charge in [-0.25, -0.2) is 9.97 Å². The largest absolute Gasteiger partial charge is 0.494 e. The number of nitrogens with one attached hydrogen (secondary N) is 2.